The Hall–Kier alpha value is -7.81. The number of nitrogens with zero attached hydrogens (tertiary/aromatic N) is 4. The number of halogens is 2. The number of carboxylic acids is 1. The molecule has 5 atom stereocenters. The number of aromatic amines is 1. The fourth-order valence-electron chi connectivity index (χ4n) is 7.89. The lowest BCUT2D eigenvalue weighted by atomic mass is 9.94. The number of aliphatic carboxylic acids is 1. The average Bonchev–Trinajstić information content (AvgIpc) is 3.45. The molecule has 0 aliphatic rings. The molecule has 2 aromatic heterocycles. The maximum absolute atomic E-state index is 13.7. The molecule has 438 valence electrons. The number of ether oxygens (including phenoxy) is 1. The number of esters is 1. The Morgan fingerprint density at radius 2 is 1.49 bits per heavy atom. The SMILES string of the molecule is CC(CC(=O)C(CCCN=C(N)N)NC(=O)C(C)CC(=O)CCC(NC(=O)c1ccc(NCc2cnc3nc(N)[nH]c(=O)c3n2)cc1)C(=O)O)C(=O)NC(C)C(=O)CCCSSCOC(=O)Cc1ccccc1Nc1c(Cl)cccc1Cl. The minimum atomic E-state index is -1.44. The van der Waals surface area contributed by atoms with Crippen LogP contribution in [0.2, 0.25) is 10.0 Å². The monoisotopic (exact) mass is 1210 g/mol. The van der Waals surface area contributed by atoms with Crippen molar-refractivity contribution in [2.75, 3.05) is 34.6 Å². The van der Waals surface area contributed by atoms with Gasteiger partial charge in [0.1, 0.15) is 17.8 Å². The van der Waals surface area contributed by atoms with Gasteiger partial charge >= 0.3 is 11.9 Å². The van der Waals surface area contributed by atoms with Gasteiger partial charge in [-0.25, -0.2) is 14.8 Å². The van der Waals surface area contributed by atoms with E-state index in [-0.39, 0.29) is 105 Å². The molecule has 5 unspecified atom stereocenters. The number of aliphatic imine (C=N–C) groups is 1. The van der Waals surface area contributed by atoms with Crippen molar-refractivity contribution >= 4 is 132 Å². The average molecular weight is 1210 g/mol. The Morgan fingerprint density at radius 3 is 2.20 bits per heavy atom. The second-order valence-corrected chi connectivity index (χ2v) is 22.3. The van der Waals surface area contributed by atoms with E-state index >= 15 is 0 Å². The summed E-state index contributed by atoms with van der Waals surface area (Å²) < 4.78 is 5.41. The van der Waals surface area contributed by atoms with E-state index in [1.807, 2.05) is 6.07 Å². The van der Waals surface area contributed by atoms with Crippen LogP contribution in [0.3, 0.4) is 0 Å². The molecule has 0 saturated heterocycles. The number of ketones is 3. The van der Waals surface area contributed by atoms with Crippen molar-refractivity contribution in [3.8, 4) is 0 Å². The number of carbonyl (C=O) groups is 8. The van der Waals surface area contributed by atoms with E-state index < -0.39 is 76.7 Å². The molecule has 0 radical (unpaired) electrons. The summed E-state index contributed by atoms with van der Waals surface area (Å²) in [5.41, 5.74) is 19.0. The van der Waals surface area contributed by atoms with Crippen LogP contribution < -0.4 is 49.3 Å². The van der Waals surface area contributed by atoms with Crippen LogP contribution in [0.15, 0.2) is 82.7 Å². The maximum atomic E-state index is 13.7. The van der Waals surface area contributed by atoms with Crippen molar-refractivity contribution in [2.24, 2.45) is 28.3 Å². The number of hydrogen-bond donors (Lipinski definition) is 10. The number of benzene rings is 3. The topological polar surface area (TPSA) is 388 Å². The van der Waals surface area contributed by atoms with Crippen LogP contribution in [0.4, 0.5) is 23.0 Å². The Kier molecular flexibility index (Phi) is 25.8. The smallest absolute Gasteiger partial charge is 0.326 e. The van der Waals surface area contributed by atoms with Crippen molar-refractivity contribution in [3.05, 3.63) is 110 Å². The van der Waals surface area contributed by atoms with Gasteiger partial charge in [0.2, 0.25) is 17.8 Å². The van der Waals surface area contributed by atoms with Gasteiger partial charge in [-0.3, -0.25) is 48.3 Å². The summed E-state index contributed by atoms with van der Waals surface area (Å²) in [5, 5.41) is 24.8. The molecule has 0 spiro atoms. The molecule has 13 N–H and O–H groups in total. The number of anilines is 4. The molecule has 0 aliphatic heterocycles. The summed E-state index contributed by atoms with van der Waals surface area (Å²) in [5.74, 6) is -6.34. The Bertz CT molecular complexity index is 3170. The molecular formula is C54H65Cl2N13O11S2. The van der Waals surface area contributed by atoms with E-state index in [9.17, 15) is 48.3 Å². The lowest BCUT2D eigenvalue weighted by molar-refractivity contribution is -0.141. The van der Waals surface area contributed by atoms with Crippen molar-refractivity contribution in [3.63, 3.8) is 0 Å². The zero-order chi connectivity index (χ0) is 59.9. The third kappa shape index (κ3) is 21.3. The first-order valence-corrected chi connectivity index (χ1v) is 29.1. The zero-order valence-electron chi connectivity index (χ0n) is 45.1. The van der Waals surface area contributed by atoms with Gasteiger partial charge in [0.05, 0.1) is 52.7 Å². The van der Waals surface area contributed by atoms with Gasteiger partial charge in [0, 0.05) is 66.8 Å². The van der Waals surface area contributed by atoms with Gasteiger partial charge in [-0.1, -0.05) is 82.9 Å². The number of nitrogens with two attached hydrogens (primary N) is 3. The minimum Gasteiger partial charge on any atom is -0.480 e. The van der Waals surface area contributed by atoms with Crippen LogP contribution in [0.1, 0.15) is 93.8 Å². The maximum Gasteiger partial charge on any atom is 0.326 e. The molecule has 0 bridgehead atoms. The fourth-order valence-corrected chi connectivity index (χ4v) is 10.1. The largest absolute Gasteiger partial charge is 0.480 e. The number of para-hydroxylation sites is 2. The molecule has 0 saturated carbocycles. The number of fused-ring (bicyclic) bond motifs is 1. The molecule has 28 heteroatoms. The predicted octanol–water partition coefficient (Wildman–Crippen LogP) is 5.63. The number of H-pyrrole nitrogens is 1. The zero-order valence-corrected chi connectivity index (χ0v) is 48.3. The van der Waals surface area contributed by atoms with E-state index in [2.05, 4.69) is 51.5 Å². The lowest BCUT2D eigenvalue weighted by Crippen LogP contribution is -2.46. The number of carboxylic acid groups (broad SMARTS) is 1. The quantitative estimate of drug-likeness (QED) is 0.00596. The standard InChI is InChI=1S/C54H65Cl2N13O11S2/c1-29(23-36(70)19-20-41(52(78)79)67-50(76)32-15-17-34(18-16-32)61-26-35-27-62-47-46(64-35)51(77)69-54(59)68-47)49(75)66-40(13-7-21-60-53(57)58)43(72)24-30(2)48(74)63-31(3)42(71)14-8-22-81-82-28-80-44(73)25-33-9-4-5-12-39(33)65-45-37(55)10-6-11-38(45)56/h4-6,9-12,15-18,27,29-31,40-41,61,65H,7-8,13-14,19-26,28H2,1-3H3,(H,63,74)(H,66,75)(H,67,76)(H,78,79)(H4,57,58,60)(H3,59,62,68,69,77). The molecule has 3 amide bonds. The Morgan fingerprint density at radius 1 is 0.793 bits per heavy atom. The third-order valence-electron chi connectivity index (χ3n) is 12.4. The predicted molar refractivity (Wildman–Crippen MR) is 316 cm³/mol. The summed E-state index contributed by atoms with van der Waals surface area (Å²) in [6.45, 7) is 4.84. The summed E-state index contributed by atoms with van der Waals surface area (Å²) in [7, 11) is 2.74. The number of amides is 3. The number of carbonyl (C=O) groups excluding carboxylic acids is 7. The van der Waals surface area contributed by atoms with E-state index in [0.29, 0.717) is 50.5 Å². The number of hydrogen-bond acceptors (Lipinski definition) is 19. The first-order valence-electron chi connectivity index (χ1n) is 25.9. The molecule has 82 heavy (non-hydrogen) atoms. The van der Waals surface area contributed by atoms with E-state index in [1.165, 1.54) is 53.8 Å². The van der Waals surface area contributed by atoms with Gasteiger partial charge in [-0.15, -0.1) is 0 Å². The summed E-state index contributed by atoms with van der Waals surface area (Å²) in [6.07, 6.45) is 1.27. The third-order valence-corrected chi connectivity index (χ3v) is 15.2. The summed E-state index contributed by atoms with van der Waals surface area (Å²) in [6, 6.07) is 15.1. The number of nitrogen functional groups attached to an aromatic ring is 1. The molecular weight excluding hydrogens is 1140 g/mol. The first-order chi connectivity index (χ1) is 39.1. The van der Waals surface area contributed by atoms with Gasteiger partial charge in [0.15, 0.2) is 28.7 Å². The fraction of sp³-hybridized carbons (Fsp3) is 0.389. The van der Waals surface area contributed by atoms with Crippen LogP contribution in [-0.2, 0) is 51.3 Å². The number of nitrogens with one attached hydrogen (secondary N) is 6. The van der Waals surface area contributed by atoms with Crippen LogP contribution in [0.5, 0.6) is 0 Å². The minimum absolute atomic E-state index is 0.00670. The first kappa shape index (κ1) is 65.0. The number of aromatic nitrogens is 4. The molecule has 0 fully saturated rings. The van der Waals surface area contributed by atoms with Gasteiger partial charge < -0.3 is 53.6 Å². The Balaban J connectivity index is 1.00. The number of guanidine groups is 1. The molecule has 2 heterocycles. The second-order valence-electron chi connectivity index (χ2n) is 19.0. The van der Waals surface area contributed by atoms with Crippen molar-refractivity contribution in [1.82, 2.24) is 35.9 Å². The molecule has 0 aliphatic carbocycles. The highest BCUT2D eigenvalue weighted by atomic mass is 35.5. The molecule has 5 rings (SSSR count). The summed E-state index contributed by atoms with van der Waals surface area (Å²) >= 11 is 12.6. The van der Waals surface area contributed by atoms with Crippen molar-refractivity contribution in [1.29, 1.82) is 0 Å². The summed E-state index contributed by atoms with van der Waals surface area (Å²) in [4.78, 5) is 135. The van der Waals surface area contributed by atoms with Crippen molar-refractivity contribution < 1.29 is 48.2 Å². The lowest BCUT2D eigenvalue weighted by Gasteiger charge is -2.22. The van der Waals surface area contributed by atoms with E-state index in [4.69, 9.17) is 45.1 Å². The van der Waals surface area contributed by atoms with Gasteiger partial charge in [0.25, 0.3) is 11.5 Å². The normalized spacial score (nSPS) is 12.8. The second kappa shape index (κ2) is 32.6. The van der Waals surface area contributed by atoms with Gasteiger partial charge in [-0.05, 0) is 80.6 Å². The highest BCUT2D eigenvalue weighted by Crippen LogP contribution is 2.34. The van der Waals surface area contributed by atoms with Crippen molar-refractivity contribution in [2.45, 2.75) is 103 Å². The van der Waals surface area contributed by atoms with Crippen LogP contribution in [-0.4, -0.2) is 114 Å². The van der Waals surface area contributed by atoms with E-state index in [0.717, 1.165) is 0 Å². The van der Waals surface area contributed by atoms with Crippen LogP contribution in [0.25, 0.3) is 11.2 Å². The molecule has 5 aromatic rings. The molecule has 24 nitrogen and oxygen atoms in total. The Labute approximate surface area is 489 Å². The number of rotatable bonds is 34. The number of Topliss-reactive ketones (excluding diaryl/α,β-unsaturated/α-hetero) is 3. The molecule has 3 aromatic carbocycles. The highest BCUT2D eigenvalue weighted by molar-refractivity contribution is 8.76. The van der Waals surface area contributed by atoms with Crippen LogP contribution >= 0.6 is 44.8 Å². The highest BCUT2D eigenvalue weighted by Gasteiger charge is 2.29. The van der Waals surface area contributed by atoms with Gasteiger partial charge in [-0.2, -0.15) is 4.98 Å². The van der Waals surface area contributed by atoms with Crippen LogP contribution in [0, 0.1) is 11.8 Å². The van der Waals surface area contributed by atoms with E-state index in [1.54, 1.807) is 55.5 Å².